The van der Waals surface area contributed by atoms with Crippen LogP contribution in [0.1, 0.15) is 16.7 Å². The first-order valence-electron chi connectivity index (χ1n) is 8.43. The van der Waals surface area contributed by atoms with E-state index in [2.05, 4.69) is 5.32 Å². The molecule has 0 aliphatic carbocycles. The fourth-order valence-electron chi connectivity index (χ4n) is 2.64. The Bertz CT molecular complexity index is 1020. The minimum atomic E-state index is -4.51. The van der Waals surface area contributed by atoms with E-state index >= 15 is 0 Å². The first-order chi connectivity index (χ1) is 13.6. The normalized spacial score (nSPS) is 15.9. The Morgan fingerprint density at radius 3 is 2.62 bits per heavy atom. The van der Waals surface area contributed by atoms with Gasteiger partial charge in [-0.3, -0.25) is 14.5 Å². The Morgan fingerprint density at radius 2 is 1.93 bits per heavy atom. The molecule has 0 atom stereocenters. The molecule has 0 aromatic heterocycles. The van der Waals surface area contributed by atoms with Gasteiger partial charge in [0.25, 0.3) is 5.91 Å². The Hall–Kier alpha value is -2.65. The van der Waals surface area contributed by atoms with E-state index in [1.165, 1.54) is 12.1 Å². The van der Waals surface area contributed by atoms with Crippen molar-refractivity contribution < 1.29 is 22.8 Å². The number of halogens is 3. The van der Waals surface area contributed by atoms with E-state index in [-0.39, 0.29) is 16.6 Å². The molecule has 4 nitrogen and oxygen atoms in total. The third kappa shape index (κ3) is 5.04. The van der Waals surface area contributed by atoms with Crippen molar-refractivity contribution in [2.24, 2.45) is 0 Å². The lowest BCUT2D eigenvalue weighted by Crippen LogP contribution is -2.36. The summed E-state index contributed by atoms with van der Waals surface area (Å²) in [4.78, 5) is 26.4. The molecule has 0 unspecified atom stereocenters. The Morgan fingerprint density at radius 1 is 1.21 bits per heavy atom. The molecule has 1 N–H and O–H groups in total. The van der Waals surface area contributed by atoms with Gasteiger partial charge in [-0.25, -0.2) is 0 Å². The fourth-order valence-corrected chi connectivity index (χ4v) is 3.89. The molecule has 2 aromatic rings. The van der Waals surface area contributed by atoms with Crippen LogP contribution in [0.4, 0.5) is 18.9 Å². The zero-order valence-electron chi connectivity index (χ0n) is 15.1. The summed E-state index contributed by atoms with van der Waals surface area (Å²) >= 11 is 6.27. The first kappa shape index (κ1) is 21.1. The van der Waals surface area contributed by atoms with Gasteiger partial charge in [0.1, 0.15) is 10.9 Å². The highest BCUT2D eigenvalue weighted by Gasteiger charge is 2.34. The third-order valence-electron chi connectivity index (χ3n) is 4.12. The van der Waals surface area contributed by atoms with Crippen LogP contribution >= 0.6 is 24.0 Å². The highest BCUT2D eigenvalue weighted by Crippen LogP contribution is 2.33. The lowest BCUT2D eigenvalue weighted by atomic mass is 10.1. The van der Waals surface area contributed by atoms with Crippen LogP contribution in [0.25, 0.3) is 6.08 Å². The van der Waals surface area contributed by atoms with Crippen LogP contribution in [0.15, 0.2) is 53.4 Å². The van der Waals surface area contributed by atoms with Crippen LogP contribution < -0.4 is 5.32 Å². The van der Waals surface area contributed by atoms with Gasteiger partial charge in [-0.2, -0.15) is 13.2 Å². The monoisotopic (exact) mass is 436 g/mol. The van der Waals surface area contributed by atoms with Gasteiger partial charge in [0.15, 0.2) is 0 Å². The minimum absolute atomic E-state index is 0.00859. The van der Waals surface area contributed by atoms with Crippen molar-refractivity contribution in [1.29, 1.82) is 0 Å². The molecule has 2 amide bonds. The zero-order chi connectivity index (χ0) is 21.2. The molecule has 0 radical (unpaired) electrons. The maximum Gasteiger partial charge on any atom is 0.416 e. The van der Waals surface area contributed by atoms with Crippen molar-refractivity contribution in [3.63, 3.8) is 0 Å². The highest BCUT2D eigenvalue weighted by molar-refractivity contribution is 8.26. The number of carbonyl (C=O) groups is 2. The van der Waals surface area contributed by atoms with Gasteiger partial charge in [-0.15, -0.1) is 0 Å². The lowest BCUT2D eigenvalue weighted by Gasteiger charge is -2.15. The van der Waals surface area contributed by atoms with E-state index < -0.39 is 23.6 Å². The number of anilines is 1. The van der Waals surface area contributed by atoms with Gasteiger partial charge in [-0.05, 0) is 42.3 Å². The van der Waals surface area contributed by atoms with E-state index in [0.29, 0.717) is 4.91 Å². The Kier molecular flexibility index (Phi) is 6.09. The van der Waals surface area contributed by atoms with Crippen LogP contribution in [0.5, 0.6) is 0 Å². The quantitative estimate of drug-likeness (QED) is 0.550. The second kappa shape index (κ2) is 8.38. The maximum absolute atomic E-state index is 12.8. The molecule has 150 valence electrons. The number of thiocarbonyl (C=S) groups is 1. The molecule has 0 spiro atoms. The zero-order valence-corrected chi connectivity index (χ0v) is 16.8. The molecular formula is C20H15F3N2O2S2. The first-order valence-corrected chi connectivity index (χ1v) is 9.66. The smallest absolute Gasteiger partial charge is 0.325 e. The van der Waals surface area contributed by atoms with E-state index in [4.69, 9.17) is 12.2 Å². The number of nitrogens with one attached hydrogen (secondary N) is 1. The number of rotatable bonds is 4. The number of nitrogens with zero attached hydrogens (tertiary/aromatic N) is 1. The third-order valence-corrected chi connectivity index (χ3v) is 5.50. The maximum atomic E-state index is 12.8. The Balaban J connectivity index is 1.70. The summed E-state index contributed by atoms with van der Waals surface area (Å²) in [5, 5.41) is 2.37. The van der Waals surface area contributed by atoms with Crippen LogP contribution in [-0.2, 0) is 15.8 Å². The van der Waals surface area contributed by atoms with Crippen molar-refractivity contribution in [3.05, 3.63) is 70.1 Å². The summed E-state index contributed by atoms with van der Waals surface area (Å²) in [6.07, 6.45) is -2.81. The van der Waals surface area contributed by atoms with Gasteiger partial charge in [0, 0.05) is 5.69 Å². The molecule has 0 saturated carbocycles. The molecule has 1 fully saturated rings. The topological polar surface area (TPSA) is 49.4 Å². The van der Waals surface area contributed by atoms with Gasteiger partial charge in [0.2, 0.25) is 5.91 Å². The van der Waals surface area contributed by atoms with Crippen molar-refractivity contribution >= 4 is 51.9 Å². The molecule has 1 aliphatic rings. The lowest BCUT2D eigenvalue weighted by molar-refractivity contribution is -0.137. The molecule has 1 heterocycles. The van der Waals surface area contributed by atoms with E-state index in [0.717, 1.165) is 39.9 Å². The minimum Gasteiger partial charge on any atom is -0.325 e. The van der Waals surface area contributed by atoms with E-state index in [1.54, 1.807) is 6.08 Å². The van der Waals surface area contributed by atoms with Crippen LogP contribution in [0.3, 0.4) is 0 Å². The number of amides is 2. The van der Waals surface area contributed by atoms with Crippen molar-refractivity contribution in [3.8, 4) is 0 Å². The van der Waals surface area contributed by atoms with Gasteiger partial charge < -0.3 is 5.32 Å². The number of hydrogen-bond donors (Lipinski definition) is 1. The van der Waals surface area contributed by atoms with E-state index in [9.17, 15) is 22.8 Å². The summed E-state index contributed by atoms with van der Waals surface area (Å²) < 4.78 is 38.6. The predicted molar refractivity (Wildman–Crippen MR) is 111 cm³/mol. The number of alkyl halides is 3. The average molecular weight is 436 g/mol. The van der Waals surface area contributed by atoms with E-state index in [1.807, 2.05) is 31.2 Å². The summed E-state index contributed by atoms with van der Waals surface area (Å²) in [6, 6.07) is 11.8. The molecule has 1 aliphatic heterocycles. The summed E-state index contributed by atoms with van der Waals surface area (Å²) in [7, 11) is 0. The van der Waals surface area contributed by atoms with Crippen LogP contribution in [0, 0.1) is 6.92 Å². The SMILES string of the molecule is Cc1ccccc1/C=C1\SC(=S)N(CC(=O)Nc2cccc(C(F)(F)F)c2)C1=O. The van der Waals surface area contributed by atoms with Gasteiger partial charge >= 0.3 is 6.18 Å². The summed E-state index contributed by atoms with van der Waals surface area (Å²) in [6.45, 7) is 1.53. The van der Waals surface area contributed by atoms with Crippen molar-refractivity contribution in [2.75, 3.05) is 11.9 Å². The number of hydrogen-bond acceptors (Lipinski definition) is 4. The standard InChI is InChI=1S/C20H15F3N2O2S2/c1-12-5-2-3-6-13(12)9-16-18(27)25(19(28)29-16)11-17(26)24-15-8-4-7-14(10-15)20(21,22)23/h2-10H,11H2,1H3,(H,24,26)/b16-9-. The van der Waals surface area contributed by atoms with Gasteiger partial charge in [0.05, 0.1) is 10.5 Å². The second-order valence-electron chi connectivity index (χ2n) is 6.25. The molecule has 1 saturated heterocycles. The second-order valence-corrected chi connectivity index (χ2v) is 7.93. The number of benzene rings is 2. The molecule has 9 heteroatoms. The fraction of sp³-hybridized carbons (Fsp3) is 0.150. The van der Waals surface area contributed by atoms with Crippen LogP contribution in [0.2, 0.25) is 0 Å². The predicted octanol–water partition coefficient (Wildman–Crippen LogP) is 4.85. The summed E-state index contributed by atoms with van der Waals surface area (Å²) in [5.74, 6) is -1.06. The average Bonchev–Trinajstić information content (AvgIpc) is 2.90. The summed E-state index contributed by atoms with van der Waals surface area (Å²) in [5.41, 5.74) is 0.967. The Labute approximate surface area is 174 Å². The number of thioether (sulfide) groups is 1. The number of aryl methyl sites for hydroxylation is 1. The molecule has 2 aromatic carbocycles. The molecule has 29 heavy (non-hydrogen) atoms. The molecule has 3 rings (SSSR count). The van der Waals surface area contributed by atoms with Crippen LogP contribution in [-0.4, -0.2) is 27.6 Å². The van der Waals surface area contributed by atoms with Crippen molar-refractivity contribution in [2.45, 2.75) is 13.1 Å². The van der Waals surface area contributed by atoms with Gasteiger partial charge in [-0.1, -0.05) is 54.3 Å². The van der Waals surface area contributed by atoms with Crippen molar-refractivity contribution in [1.82, 2.24) is 4.90 Å². The number of carbonyl (C=O) groups excluding carboxylic acids is 2. The highest BCUT2D eigenvalue weighted by atomic mass is 32.2. The molecular weight excluding hydrogens is 421 g/mol. The molecule has 0 bridgehead atoms. The largest absolute Gasteiger partial charge is 0.416 e.